The van der Waals surface area contributed by atoms with Gasteiger partial charge in [-0.3, -0.25) is 9.69 Å². The number of para-hydroxylation sites is 2. The van der Waals surface area contributed by atoms with Crippen LogP contribution < -0.4 is 5.73 Å². The van der Waals surface area contributed by atoms with Gasteiger partial charge in [0, 0.05) is 52.5 Å². The Bertz CT molecular complexity index is 845. The molecular formula is C22H33N5O2. The van der Waals surface area contributed by atoms with Gasteiger partial charge in [-0.25, -0.2) is 4.98 Å². The number of nitrogens with two attached hydrogens (primary N) is 1. The number of hydrogen-bond donors (Lipinski definition) is 1. The Hall–Kier alpha value is -1.96. The van der Waals surface area contributed by atoms with Crippen LogP contribution in [0.3, 0.4) is 0 Å². The summed E-state index contributed by atoms with van der Waals surface area (Å²) in [6.07, 6.45) is 3.81. The third kappa shape index (κ3) is 4.47. The lowest BCUT2D eigenvalue weighted by Gasteiger charge is -2.36. The van der Waals surface area contributed by atoms with Gasteiger partial charge in [-0.2, -0.15) is 0 Å². The summed E-state index contributed by atoms with van der Waals surface area (Å²) in [6, 6.07) is 8.70. The summed E-state index contributed by atoms with van der Waals surface area (Å²) >= 11 is 0. The summed E-state index contributed by atoms with van der Waals surface area (Å²) in [4.78, 5) is 22.3. The topological polar surface area (TPSA) is 76.6 Å². The molecule has 0 radical (unpaired) electrons. The van der Waals surface area contributed by atoms with Gasteiger partial charge in [0.2, 0.25) is 5.91 Å². The van der Waals surface area contributed by atoms with Crippen LogP contribution >= 0.6 is 0 Å². The highest BCUT2D eigenvalue weighted by atomic mass is 16.5. The Morgan fingerprint density at radius 1 is 1.21 bits per heavy atom. The number of ether oxygens (including phenoxy) is 1. The van der Waals surface area contributed by atoms with Crippen molar-refractivity contribution in [3.8, 4) is 0 Å². The molecule has 2 aliphatic rings. The van der Waals surface area contributed by atoms with Crippen LogP contribution in [-0.2, 0) is 23.1 Å². The quantitative estimate of drug-likeness (QED) is 0.848. The molecule has 0 bridgehead atoms. The first-order valence-electron chi connectivity index (χ1n) is 10.8. The monoisotopic (exact) mass is 399 g/mol. The van der Waals surface area contributed by atoms with Crippen molar-refractivity contribution in [1.29, 1.82) is 0 Å². The molecule has 1 aromatic heterocycles. The van der Waals surface area contributed by atoms with Crippen molar-refractivity contribution in [2.24, 2.45) is 18.7 Å². The van der Waals surface area contributed by atoms with Crippen LogP contribution in [-0.4, -0.2) is 70.7 Å². The highest BCUT2D eigenvalue weighted by Crippen LogP contribution is 2.24. The summed E-state index contributed by atoms with van der Waals surface area (Å²) in [7, 11) is 3.91. The standard InChI is InChI=1S/C22H33N5O2/c1-25(15-21-24-19-5-3-4-6-20(19)26(21)2)22(28)16-7-8-17(23)14-27(13-16)18-9-11-29-12-10-18/h3-6,16-18H,7-15,23H2,1-2H3/t16-,17+/m1/s1. The smallest absolute Gasteiger partial charge is 0.227 e. The maximum atomic E-state index is 13.3. The minimum absolute atomic E-state index is 0.00826. The van der Waals surface area contributed by atoms with E-state index in [-0.39, 0.29) is 17.9 Å². The lowest BCUT2D eigenvalue weighted by Crippen LogP contribution is -2.47. The third-order valence-electron chi connectivity index (χ3n) is 6.50. The van der Waals surface area contributed by atoms with Gasteiger partial charge in [0.15, 0.2) is 0 Å². The Kier molecular flexibility index (Phi) is 6.18. The number of imidazole rings is 1. The van der Waals surface area contributed by atoms with E-state index in [2.05, 4.69) is 15.5 Å². The van der Waals surface area contributed by atoms with E-state index in [1.165, 1.54) is 0 Å². The van der Waals surface area contributed by atoms with Crippen LogP contribution in [0.2, 0.25) is 0 Å². The Morgan fingerprint density at radius 2 is 1.97 bits per heavy atom. The van der Waals surface area contributed by atoms with Crippen LogP contribution in [0.25, 0.3) is 11.0 Å². The number of aryl methyl sites for hydroxylation is 1. The molecule has 2 atom stereocenters. The maximum Gasteiger partial charge on any atom is 0.227 e. The maximum absolute atomic E-state index is 13.3. The molecule has 2 fully saturated rings. The van der Waals surface area contributed by atoms with Crippen molar-refractivity contribution in [3.63, 3.8) is 0 Å². The fourth-order valence-corrected chi connectivity index (χ4v) is 4.75. The van der Waals surface area contributed by atoms with Crippen LogP contribution in [0.4, 0.5) is 0 Å². The van der Waals surface area contributed by atoms with E-state index >= 15 is 0 Å². The molecule has 2 N–H and O–H groups in total. The van der Waals surface area contributed by atoms with E-state index in [0.29, 0.717) is 12.6 Å². The largest absolute Gasteiger partial charge is 0.381 e. The van der Waals surface area contributed by atoms with Gasteiger partial charge in [0.05, 0.1) is 23.5 Å². The van der Waals surface area contributed by atoms with Gasteiger partial charge in [0.25, 0.3) is 0 Å². The van der Waals surface area contributed by atoms with Gasteiger partial charge in [-0.15, -0.1) is 0 Å². The molecule has 1 aromatic carbocycles. The average molecular weight is 400 g/mol. The lowest BCUT2D eigenvalue weighted by atomic mass is 10.00. The molecule has 0 spiro atoms. The fourth-order valence-electron chi connectivity index (χ4n) is 4.75. The first-order chi connectivity index (χ1) is 14.0. The molecule has 0 aliphatic carbocycles. The molecule has 0 unspecified atom stereocenters. The van der Waals surface area contributed by atoms with E-state index in [0.717, 1.165) is 68.8 Å². The van der Waals surface area contributed by atoms with Crippen LogP contribution in [0, 0.1) is 5.92 Å². The Morgan fingerprint density at radius 3 is 2.72 bits per heavy atom. The number of amides is 1. The molecule has 0 saturated carbocycles. The summed E-state index contributed by atoms with van der Waals surface area (Å²) < 4.78 is 7.60. The molecule has 2 aliphatic heterocycles. The molecular weight excluding hydrogens is 366 g/mol. The van der Waals surface area contributed by atoms with E-state index in [4.69, 9.17) is 15.5 Å². The molecule has 158 valence electrons. The fraction of sp³-hybridized carbons (Fsp3) is 0.636. The van der Waals surface area contributed by atoms with Crippen molar-refractivity contribution in [2.45, 2.75) is 44.3 Å². The zero-order valence-corrected chi connectivity index (χ0v) is 17.6. The van der Waals surface area contributed by atoms with E-state index < -0.39 is 0 Å². The van der Waals surface area contributed by atoms with Gasteiger partial charge >= 0.3 is 0 Å². The zero-order valence-electron chi connectivity index (χ0n) is 17.6. The number of aromatic nitrogens is 2. The number of carbonyl (C=O) groups excluding carboxylic acids is 1. The number of benzene rings is 1. The highest BCUT2D eigenvalue weighted by Gasteiger charge is 2.33. The van der Waals surface area contributed by atoms with Crippen molar-refractivity contribution >= 4 is 16.9 Å². The molecule has 29 heavy (non-hydrogen) atoms. The molecule has 7 nitrogen and oxygen atoms in total. The second kappa shape index (κ2) is 8.81. The summed E-state index contributed by atoms with van der Waals surface area (Å²) in [5.74, 6) is 1.10. The minimum atomic E-state index is -0.00826. The molecule has 1 amide bonds. The number of fused-ring (bicyclic) bond motifs is 1. The predicted octanol–water partition coefficient (Wildman–Crippen LogP) is 1.75. The SMILES string of the molecule is CN(Cc1nc2ccccc2n1C)C(=O)[C@@H]1CC[C@H](N)CN(C2CCOCC2)C1. The summed E-state index contributed by atoms with van der Waals surface area (Å²) in [6.45, 7) is 3.81. The number of carbonyl (C=O) groups is 1. The molecule has 4 rings (SSSR count). The van der Waals surface area contributed by atoms with Gasteiger partial charge < -0.3 is 19.9 Å². The van der Waals surface area contributed by atoms with Crippen molar-refractivity contribution < 1.29 is 9.53 Å². The van der Waals surface area contributed by atoms with Gasteiger partial charge in [0.1, 0.15) is 5.82 Å². The zero-order chi connectivity index (χ0) is 20.4. The lowest BCUT2D eigenvalue weighted by molar-refractivity contribution is -0.135. The van der Waals surface area contributed by atoms with E-state index in [1.54, 1.807) is 0 Å². The average Bonchev–Trinajstić information content (AvgIpc) is 2.92. The van der Waals surface area contributed by atoms with Crippen LogP contribution in [0.15, 0.2) is 24.3 Å². The van der Waals surface area contributed by atoms with Crippen molar-refractivity contribution in [3.05, 3.63) is 30.1 Å². The number of rotatable bonds is 4. The Labute approximate surface area is 172 Å². The third-order valence-corrected chi connectivity index (χ3v) is 6.50. The second-order valence-corrected chi connectivity index (χ2v) is 8.60. The van der Waals surface area contributed by atoms with Crippen LogP contribution in [0.5, 0.6) is 0 Å². The minimum Gasteiger partial charge on any atom is -0.381 e. The second-order valence-electron chi connectivity index (χ2n) is 8.60. The van der Waals surface area contributed by atoms with Gasteiger partial charge in [-0.1, -0.05) is 12.1 Å². The van der Waals surface area contributed by atoms with Crippen molar-refractivity contribution in [1.82, 2.24) is 19.4 Å². The highest BCUT2D eigenvalue weighted by molar-refractivity contribution is 5.79. The summed E-state index contributed by atoms with van der Waals surface area (Å²) in [5, 5.41) is 0. The molecule has 7 heteroatoms. The molecule has 2 aromatic rings. The number of likely N-dealkylation sites (tertiary alicyclic amines) is 1. The Balaban J connectivity index is 1.45. The number of nitrogens with zero attached hydrogens (tertiary/aromatic N) is 4. The first-order valence-corrected chi connectivity index (χ1v) is 10.8. The number of hydrogen-bond acceptors (Lipinski definition) is 5. The van der Waals surface area contributed by atoms with E-state index in [9.17, 15) is 4.79 Å². The summed E-state index contributed by atoms with van der Waals surface area (Å²) in [5.41, 5.74) is 8.41. The van der Waals surface area contributed by atoms with E-state index in [1.807, 2.05) is 37.2 Å². The van der Waals surface area contributed by atoms with Gasteiger partial charge in [-0.05, 0) is 37.8 Å². The van der Waals surface area contributed by atoms with Crippen LogP contribution in [0.1, 0.15) is 31.5 Å². The van der Waals surface area contributed by atoms with Crippen molar-refractivity contribution in [2.75, 3.05) is 33.4 Å². The predicted molar refractivity (Wildman–Crippen MR) is 113 cm³/mol. The molecule has 3 heterocycles. The first kappa shape index (κ1) is 20.3. The molecule has 2 saturated heterocycles. The normalized spacial score (nSPS) is 24.5.